The molecule has 29 heavy (non-hydrogen) atoms. The molecule has 0 amide bonds. The third-order valence-corrected chi connectivity index (χ3v) is 2.98. The monoisotopic (exact) mass is 397 g/mol. The van der Waals surface area contributed by atoms with Crippen LogP contribution in [0, 0.1) is 6.92 Å². The maximum atomic E-state index is 4.91. The van der Waals surface area contributed by atoms with Gasteiger partial charge in [0.25, 0.3) is 0 Å². The summed E-state index contributed by atoms with van der Waals surface area (Å²) in [7, 11) is 3.57. The molecule has 0 saturated heterocycles. The molecule has 0 saturated carbocycles. The van der Waals surface area contributed by atoms with Crippen LogP contribution in [0.25, 0.3) is 0 Å². The summed E-state index contributed by atoms with van der Waals surface area (Å²) >= 11 is 0. The Kier molecular flexibility index (Phi) is 29.3. The lowest BCUT2D eigenvalue weighted by atomic mass is 10.2. The number of rotatable bonds is 2. The lowest BCUT2D eigenvalue weighted by molar-refractivity contribution is 0.415. The zero-order chi connectivity index (χ0) is 22.8. The lowest BCUT2D eigenvalue weighted by Crippen LogP contribution is -1.84. The molecular weight excluding hydrogens is 354 g/mol. The van der Waals surface area contributed by atoms with E-state index in [2.05, 4.69) is 24.4 Å². The second-order valence-corrected chi connectivity index (χ2v) is 4.79. The van der Waals surface area contributed by atoms with Crippen LogP contribution in [0.5, 0.6) is 5.75 Å². The maximum absolute atomic E-state index is 4.91. The molecule has 162 valence electrons. The number of nitrogens with one attached hydrogen (secondary N) is 1. The Balaban J connectivity index is -0.000000310. The van der Waals surface area contributed by atoms with Crippen LogP contribution >= 0.6 is 0 Å². The Morgan fingerprint density at radius 1 is 0.552 bits per heavy atom. The first-order valence-electron chi connectivity index (χ1n) is 10.6. The molecule has 2 heteroatoms. The van der Waals surface area contributed by atoms with E-state index in [-0.39, 0.29) is 0 Å². The van der Waals surface area contributed by atoms with Crippen LogP contribution in [0.4, 0.5) is 5.69 Å². The van der Waals surface area contributed by atoms with Gasteiger partial charge in [0.2, 0.25) is 0 Å². The van der Waals surface area contributed by atoms with E-state index in [4.69, 9.17) is 4.74 Å². The van der Waals surface area contributed by atoms with Crippen molar-refractivity contribution in [3.63, 3.8) is 0 Å². The van der Waals surface area contributed by atoms with E-state index in [1.807, 2.05) is 127 Å². The van der Waals surface area contributed by atoms with Crippen LogP contribution in [0.15, 0.2) is 91.0 Å². The average Bonchev–Trinajstić information content (AvgIpc) is 2.85. The standard InChI is InChI=1S/C7H9N.C7H8O.C7H8.3C2H6/c2*1-8-7-5-3-2-4-6-7;1-7-5-3-2-4-6-7;3*1-2/h2-6,8H,1H3;2-6H,1H3;2-6H,1H3;3*1-2H3. The highest BCUT2D eigenvalue weighted by Crippen LogP contribution is 2.05. The van der Waals surface area contributed by atoms with Gasteiger partial charge in [0.05, 0.1) is 7.11 Å². The zero-order valence-electron chi connectivity index (χ0n) is 20.1. The van der Waals surface area contributed by atoms with Crippen molar-refractivity contribution in [1.82, 2.24) is 0 Å². The van der Waals surface area contributed by atoms with Gasteiger partial charge in [-0.3, -0.25) is 0 Å². The van der Waals surface area contributed by atoms with Crippen molar-refractivity contribution >= 4 is 5.69 Å². The molecule has 0 aromatic heterocycles. The molecule has 0 radical (unpaired) electrons. The topological polar surface area (TPSA) is 21.3 Å². The van der Waals surface area contributed by atoms with Gasteiger partial charge < -0.3 is 10.1 Å². The highest BCUT2D eigenvalue weighted by Gasteiger charge is 1.80. The van der Waals surface area contributed by atoms with Gasteiger partial charge in [-0.25, -0.2) is 0 Å². The van der Waals surface area contributed by atoms with Crippen LogP contribution in [-0.2, 0) is 0 Å². The predicted octanol–water partition coefficient (Wildman–Crippen LogP) is 8.50. The fourth-order valence-electron chi connectivity index (χ4n) is 1.70. The van der Waals surface area contributed by atoms with Crippen molar-refractivity contribution in [1.29, 1.82) is 0 Å². The Labute approximate surface area is 181 Å². The van der Waals surface area contributed by atoms with Crippen molar-refractivity contribution in [2.24, 2.45) is 0 Å². The van der Waals surface area contributed by atoms with Crippen molar-refractivity contribution in [2.45, 2.75) is 48.5 Å². The molecule has 1 N–H and O–H groups in total. The normalized spacial score (nSPS) is 7.48. The van der Waals surface area contributed by atoms with Crippen LogP contribution in [-0.4, -0.2) is 14.2 Å². The largest absolute Gasteiger partial charge is 0.497 e. The number of hydrogen-bond donors (Lipinski definition) is 1. The van der Waals surface area contributed by atoms with Gasteiger partial charge in [0, 0.05) is 12.7 Å². The minimum atomic E-state index is 0.910. The number of methoxy groups -OCH3 is 1. The highest BCUT2D eigenvalue weighted by atomic mass is 16.5. The van der Waals surface area contributed by atoms with E-state index < -0.39 is 0 Å². The third-order valence-electron chi connectivity index (χ3n) is 2.98. The molecule has 0 aliphatic carbocycles. The van der Waals surface area contributed by atoms with Crippen molar-refractivity contribution in [3.05, 3.63) is 96.6 Å². The fraction of sp³-hybridized carbons (Fsp3) is 0.333. The van der Waals surface area contributed by atoms with Crippen LogP contribution < -0.4 is 10.1 Å². The first-order chi connectivity index (χ1) is 14.3. The Hall–Kier alpha value is -2.74. The van der Waals surface area contributed by atoms with E-state index >= 15 is 0 Å². The molecule has 3 rings (SSSR count). The summed E-state index contributed by atoms with van der Waals surface area (Å²) in [4.78, 5) is 0. The summed E-state index contributed by atoms with van der Waals surface area (Å²) in [5.74, 6) is 0.910. The van der Waals surface area contributed by atoms with Gasteiger partial charge in [-0.15, -0.1) is 0 Å². The minimum Gasteiger partial charge on any atom is -0.497 e. The van der Waals surface area contributed by atoms with Crippen molar-refractivity contribution in [3.8, 4) is 5.75 Å². The number of aryl methyl sites for hydroxylation is 1. The number of para-hydroxylation sites is 2. The summed E-state index contributed by atoms with van der Waals surface area (Å²) in [5.41, 5.74) is 2.48. The Morgan fingerprint density at radius 3 is 1.10 bits per heavy atom. The van der Waals surface area contributed by atoms with E-state index in [1.54, 1.807) is 7.11 Å². The van der Waals surface area contributed by atoms with E-state index in [0.717, 1.165) is 11.4 Å². The summed E-state index contributed by atoms with van der Waals surface area (Å²) in [6.07, 6.45) is 0. The molecule has 3 aromatic carbocycles. The SMILES string of the molecule is CC.CC.CC.CNc1ccccc1.COc1ccccc1.Cc1ccccc1. The van der Waals surface area contributed by atoms with Gasteiger partial charge in [-0.2, -0.15) is 0 Å². The smallest absolute Gasteiger partial charge is 0.118 e. The molecule has 0 bridgehead atoms. The summed E-state index contributed by atoms with van der Waals surface area (Å²) in [6.45, 7) is 14.1. The quantitative estimate of drug-likeness (QED) is 0.468. The predicted molar refractivity (Wildman–Crippen MR) is 134 cm³/mol. The van der Waals surface area contributed by atoms with Crippen LogP contribution in [0.3, 0.4) is 0 Å². The van der Waals surface area contributed by atoms with Crippen molar-refractivity contribution in [2.75, 3.05) is 19.5 Å². The molecule has 0 aliphatic rings. The zero-order valence-corrected chi connectivity index (χ0v) is 20.1. The number of benzene rings is 3. The molecular formula is C27H43NO. The number of anilines is 1. The second kappa shape index (κ2) is 27.5. The summed E-state index contributed by atoms with van der Waals surface area (Å²) in [5, 5.41) is 3.03. The first-order valence-corrected chi connectivity index (χ1v) is 10.6. The molecule has 0 atom stereocenters. The second-order valence-electron chi connectivity index (χ2n) is 4.79. The molecule has 0 spiro atoms. The molecule has 0 unspecified atom stereocenters. The molecule has 0 aliphatic heterocycles. The molecule has 3 aromatic rings. The minimum absolute atomic E-state index is 0.910. The van der Waals surface area contributed by atoms with Gasteiger partial charge in [0.15, 0.2) is 0 Å². The third kappa shape index (κ3) is 21.4. The fourth-order valence-corrected chi connectivity index (χ4v) is 1.70. The van der Waals surface area contributed by atoms with Crippen LogP contribution in [0.1, 0.15) is 47.1 Å². The van der Waals surface area contributed by atoms with Crippen molar-refractivity contribution < 1.29 is 4.74 Å². The lowest BCUT2D eigenvalue weighted by Gasteiger charge is -1.94. The molecule has 2 nitrogen and oxygen atoms in total. The van der Waals surface area contributed by atoms with Gasteiger partial charge >= 0.3 is 0 Å². The van der Waals surface area contributed by atoms with Gasteiger partial charge in [-0.1, -0.05) is 114 Å². The van der Waals surface area contributed by atoms with Gasteiger partial charge in [-0.05, 0) is 31.2 Å². The van der Waals surface area contributed by atoms with Gasteiger partial charge in [0.1, 0.15) is 5.75 Å². The summed E-state index contributed by atoms with van der Waals surface area (Å²) < 4.78 is 4.91. The molecule has 0 fully saturated rings. The average molecular weight is 398 g/mol. The maximum Gasteiger partial charge on any atom is 0.118 e. The number of ether oxygens (including phenoxy) is 1. The Bertz CT molecular complexity index is 570. The first kappa shape index (κ1) is 31.0. The van der Waals surface area contributed by atoms with E-state index in [9.17, 15) is 0 Å². The number of hydrogen-bond acceptors (Lipinski definition) is 2. The molecule has 0 heterocycles. The highest BCUT2D eigenvalue weighted by molar-refractivity contribution is 5.41. The summed E-state index contributed by atoms with van der Waals surface area (Å²) in [6, 6.07) is 30.0. The van der Waals surface area contributed by atoms with E-state index in [0.29, 0.717) is 0 Å². The Morgan fingerprint density at radius 2 is 0.897 bits per heavy atom. The van der Waals surface area contributed by atoms with E-state index in [1.165, 1.54) is 5.56 Å². The van der Waals surface area contributed by atoms with Crippen LogP contribution in [0.2, 0.25) is 0 Å².